The van der Waals surface area contributed by atoms with E-state index < -0.39 is 5.92 Å². The Hall–Kier alpha value is -3.49. The Morgan fingerprint density at radius 3 is 2.18 bits per heavy atom. The average molecular weight is 460 g/mol. The number of ether oxygens (including phenoxy) is 3. The van der Waals surface area contributed by atoms with Crippen LogP contribution in [-0.4, -0.2) is 57.8 Å². The Labute approximate surface area is 193 Å². The van der Waals surface area contributed by atoms with Crippen molar-refractivity contribution in [3.05, 3.63) is 53.3 Å². The Morgan fingerprint density at radius 2 is 1.64 bits per heavy atom. The van der Waals surface area contributed by atoms with Crippen LogP contribution < -0.4 is 24.8 Å². The van der Waals surface area contributed by atoms with Crippen molar-refractivity contribution in [2.45, 2.75) is 19.4 Å². The molecule has 1 heterocycles. The zero-order chi connectivity index (χ0) is 24.0. The van der Waals surface area contributed by atoms with Crippen LogP contribution in [-0.2, 0) is 11.3 Å². The highest BCUT2D eigenvalue weighted by atomic mass is 19.1. The lowest BCUT2D eigenvalue weighted by molar-refractivity contribution is -0.125. The van der Waals surface area contributed by atoms with Gasteiger partial charge in [0, 0.05) is 32.1 Å². The molecule has 0 bridgehead atoms. The molecule has 0 aliphatic carbocycles. The molecule has 0 radical (unpaired) electrons. The first-order valence-corrected chi connectivity index (χ1v) is 10.8. The number of carbonyl (C=O) groups is 2. The maximum absolute atomic E-state index is 13.2. The van der Waals surface area contributed by atoms with E-state index in [0.29, 0.717) is 30.3 Å². The molecule has 2 N–H and O–H groups in total. The zero-order valence-corrected chi connectivity index (χ0v) is 19.3. The van der Waals surface area contributed by atoms with E-state index in [9.17, 15) is 14.0 Å². The van der Waals surface area contributed by atoms with Crippen LogP contribution in [0.4, 0.5) is 9.18 Å². The fourth-order valence-corrected chi connectivity index (χ4v) is 4.07. The molecule has 0 saturated carbocycles. The van der Waals surface area contributed by atoms with Crippen molar-refractivity contribution >= 4 is 11.9 Å². The van der Waals surface area contributed by atoms with E-state index in [1.807, 2.05) is 19.1 Å². The quantitative estimate of drug-likeness (QED) is 0.634. The molecule has 0 spiro atoms. The molecule has 1 aliphatic rings. The van der Waals surface area contributed by atoms with Gasteiger partial charge in [-0.15, -0.1) is 0 Å². The molecule has 3 rings (SSSR count). The van der Waals surface area contributed by atoms with Crippen molar-refractivity contribution < 1.29 is 28.2 Å². The van der Waals surface area contributed by atoms with E-state index in [-0.39, 0.29) is 36.8 Å². The lowest BCUT2D eigenvalue weighted by atomic mass is 9.87. The fourth-order valence-electron chi connectivity index (χ4n) is 4.07. The second-order valence-corrected chi connectivity index (χ2v) is 7.76. The van der Waals surface area contributed by atoms with E-state index in [2.05, 4.69) is 10.6 Å². The number of methoxy groups -OCH3 is 3. The summed E-state index contributed by atoms with van der Waals surface area (Å²) in [5.41, 5.74) is 1.59. The molecule has 0 aromatic heterocycles. The average Bonchev–Trinajstić information content (AvgIpc) is 3.28. The summed E-state index contributed by atoms with van der Waals surface area (Å²) >= 11 is 0. The van der Waals surface area contributed by atoms with Crippen LogP contribution in [0.5, 0.6) is 17.2 Å². The Bertz CT molecular complexity index is 958. The topological polar surface area (TPSA) is 89.1 Å². The Morgan fingerprint density at radius 1 is 1.00 bits per heavy atom. The van der Waals surface area contributed by atoms with E-state index in [4.69, 9.17) is 14.2 Å². The first-order chi connectivity index (χ1) is 15.9. The van der Waals surface area contributed by atoms with Gasteiger partial charge >= 0.3 is 6.03 Å². The fraction of sp³-hybridized carbons (Fsp3) is 0.417. The van der Waals surface area contributed by atoms with Gasteiger partial charge in [-0.1, -0.05) is 12.1 Å². The summed E-state index contributed by atoms with van der Waals surface area (Å²) in [6.07, 6.45) is 0. The lowest BCUT2D eigenvalue weighted by Gasteiger charge is -2.21. The summed E-state index contributed by atoms with van der Waals surface area (Å²) < 4.78 is 29.5. The van der Waals surface area contributed by atoms with Crippen LogP contribution in [0.25, 0.3) is 0 Å². The van der Waals surface area contributed by atoms with E-state index in [1.165, 1.54) is 33.5 Å². The highest BCUT2D eigenvalue weighted by molar-refractivity contribution is 5.83. The van der Waals surface area contributed by atoms with Crippen molar-refractivity contribution in [1.82, 2.24) is 15.5 Å². The Kier molecular flexibility index (Phi) is 7.97. The molecule has 33 heavy (non-hydrogen) atoms. The van der Waals surface area contributed by atoms with Crippen molar-refractivity contribution in [2.24, 2.45) is 5.92 Å². The van der Waals surface area contributed by atoms with Gasteiger partial charge in [-0.2, -0.15) is 0 Å². The summed E-state index contributed by atoms with van der Waals surface area (Å²) in [6.45, 7) is 3.23. The van der Waals surface area contributed by atoms with Crippen LogP contribution in [0.2, 0.25) is 0 Å². The standard InChI is InChI=1S/C24H30FN3O5/c1-5-26-24(30)28-13-18(16-10-20(31-2)22(33-4)21(11-16)32-3)19(14-28)23(29)27-12-15-6-8-17(25)9-7-15/h6-11,18-19H,5,12-14H2,1-4H3,(H,26,30)(H,27,29)/t18-,19-/m0/s1. The number of amides is 3. The highest BCUT2D eigenvalue weighted by Gasteiger charge is 2.41. The SMILES string of the molecule is CCNC(=O)N1C[C@H](C(=O)NCc2ccc(F)cc2)[C@H](c2cc(OC)c(OC)c(OC)c2)C1. The van der Waals surface area contributed by atoms with E-state index >= 15 is 0 Å². The number of urea groups is 1. The molecule has 2 aromatic carbocycles. The maximum atomic E-state index is 13.2. The van der Waals surface area contributed by atoms with Crippen LogP contribution in [0, 0.1) is 11.7 Å². The molecule has 1 saturated heterocycles. The molecule has 2 aromatic rings. The maximum Gasteiger partial charge on any atom is 0.317 e. The molecular formula is C24H30FN3O5. The normalized spacial score (nSPS) is 17.4. The van der Waals surface area contributed by atoms with Gasteiger partial charge in [-0.25, -0.2) is 9.18 Å². The third kappa shape index (κ3) is 5.47. The van der Waals surface area contributed by atoms with Crippen molar-refractivity contribution in [1.29, 1.82) is 0 Å². The number of nitrogens with zero attached hydrogens (tertiary/aromatic N) is 1. The number of hydrogen-bond acceptors (Lipinski definition) is 5. The number of rotatable bonds is 8. The summed E-state index contributed by atoms with van der Waals surface area (Å²) in [6, 6.07) is 9.37. The molecule has 8 nitrogen and oxygen atoms in total. The van der Waals surface area contributed by atoms with Gasteiger partial charge in [0.1, 0.15) is 5.82 Å². The molecule has 2 atom stereocenters. The van der Waals surface area contributed by atoms with Gasteiger partial charge < -0.3 is 29.7 Å². The van der Waals surface area contributed by atoms with Gasteiger partial charge in [0.2, 0.25) is 11.7 Å². The van der Waals surface area contributed by atoms with Crippen molar-refractivity contribution in [2.75, 3.05) is 41.0 Å². The van der Waals surface area contributed by atoms with Gasteiger partial charge in [-0.3, -0.25) is 4.79 Å². The summed E-state index contributed by atoms with van der Waals surface area (Å²) in [5.74, 6) is 0.123. The largest absolute Gasteiger partial charge is 0.493 e. The number of hydrogen-bond donors (Lipinski definition) is 2. The minimum Gasteiger partial charge on any atom is -0.493 e. The minimum atomic E-state index is -0.490. The predicted molar refractivity (Wildman–Crippen MR) is 121 cm³/mol. The molecule has 1 fully saturated rings. The van der Waals surface area contributed by atoms with E-state index in [0.717, 1.165) is 11.1 Å². The summed E-state index contributed by atoms with van der Waals surface area (Å²) in [4.78, 5) is 27.4. The van der Waals surface area contributed by atoms with Gasteiger partial charge in [0.15, 0.2) is 11.5 Å². The number of carbonyl (C=O) groups excluding carboxylic acids is 2. The molecular weight excluding hydrogens is 429 g/mol. The number of likely N-dealkylation sites (tertiary alicyclic amines) is 1. The number of nitrogens with one attached hydrogen (secondary N) is 2. The second kappa shape index (κ2) is 10.9. The summed E-state index contributed by atoms with van der Waals surface area (Å²) in [7, 11) is 4.59. The monoisotopic (exact) mass is 459 g/mol. The van der Waals surface area contributed by atoms with Crippen LogP contribution in [0.1, 0.15) is 24.0 Å². The molecule has 1 aliphatic heterocycles. The van der Waals surface area contributed by atoms with Crippen LogP contribution in [0.15, 0.2) is 36.4 Å². The predicted octanol–water partition coefficient (Wildman–Crippen LogP) is 2.91. The third-order valence-electron chi connectivity index (χ3n) is 5.77. The third-order valence-corrected chi connectivity index (χ3v) is 5.77. The first-order valence-electron chi connectivity index (χ1n) is 10.8. The van der Waals surface area contributed by atoms with Crippen molar-refractivity contribution in [3.63, 3.8) is 0 Å². The molecule has 9 heteroatoms. The lowest BCUT2D eigenvalue weighted by Crippen LogP contribution is -2.39. The summed E-state index contributed by atoms with van der Waals surface area (Å²) in [5, 5.41) is 5.72. The molecule has 178 valence electrons. The van der Waals surface area contributed by atoms with Crippen LogP contribution >= 0.6 is 0 Å². The molecule has 3 amide bonds. The van der Waals surface area contributed by atoms with Crippen molar-refractivity contribution in [3.8, 4) is 17.2 Å². The Balaban J connectivity index is 1.88. The zero-order valence-electron chi connectivity index (χ0n) is 19.3. The van der Waals surface area contributed by atoms with Crippen LogP contribution in [0.3, 0.4) is 0 Å². The smallest absolute Gasteiger partial charge is 0.317 e. The van der Waals surface area contributed by atoms with Gasteiger partial charge in [-0.05, 0) is 42.3 Å². The number of benzene rings is 2. The number of halogens is 1. The second-order valence-electron chi connectivity index (χ2n) is 7.76. The van der Waals surface area contributed by atoms with E-state index in [1.54, 1.807) is 17.0 Å². The minimum absolute atomic E-state index is 0.190. The van der Waals surface area contributed by atoms with Gasteiger partial charge in [0.05, 0.1) is 27.2 Å². The first kappa shape index (κ1) is 24.2. The highest BCUT2D eigenvalue weighted by Crippen LogP contribution is 2.43. The van der Waals surface area contributed by atoms with Gasteiger partial charge in [0.25, 0.3) is 0 Å². The molecule has 0 unspecified atom stereocenters.